The zero-order valence-corrected chi connectivity index (χ0v) is 11.4. The van der Waals surface area contributed by atoms with Crippen molar-refractivity contribution in [3.05, 3.63) is 40.1 Å². The van der Waals surface area contributed by atoms with E-state index in [1.807, 2.05) is 12.1 Å². The molecule has 0 saturated carbocycles. The minimum atomic E-state index is -0.0541. The van der Waals surface area contributed by atoms with Crippen molar-refractivity contribution in [3.8, 4) is 11.3 Å². The van der Waals surface area contributed by atoms with Crippen molar-refractivity contribution in [1.29, 1.82) is 0 Å². The lowest BCUT2D eigenvalue weighted by Gasteiger charge is -2.12. The second kappa shape index (κ2) is 4.35. The monoisotopic (exact) mass is 269 g/mol. The molecule has 17 heavy (non-hydrogen) atoms. The first-order chi connectivity index (χ1) is 7.88. The molecule has 0 saturated heterocycles. The molecule has 0 aliphatic rings. The Labute approximate surface area is 111 Å². The van der Waals surface area contributed by atoms with Crippen LogP contribution in [0.2, 0.25) is 10.0 Å². The Morgan fingerprint density at radius 3 is 2.29 bits per heavy atom. The summed E-state index contributed by atoms with van der Waals surface area (Å²) in [7, 11) is 0. The second-order valence-electron chi connectivity index (χ2n) is 4.96. The third-order valence-corrected chi connectivity index (χ3v) is 3.20. The van der Waals surface area contributed by atoms with E-state index < -0.39 is 0 Å². The van der Waals surface area contributed by atoms with Crippen molar-refractivity contribution in [2.45, 2.75) is 26.2 Å². The van der Waals surface area contributed by atoms with Gasteiger partial charge in [-0.25, -0.2) is 0 Å². The molecule has 0 unspecified atom stereocenters. The largest absolute Gasteiger partial charge is 0.360 e. The third-order valence-electron chi connectivity index (χ3n) is 2.46. The average molecular weight is 270 g/mol. The fourth-order valence-electron chi connectivity index (χ4n) is 1.42. The van der Waals surface area contributed by atoms with Gasteiger partial charge in [0.15, 0.2) is 0 Å². The topological polar surface area (TPSA) is 26.0 Å². The van der Waals surface area contributed by atoms with Crippen LogP contribution in [0.4, 0.5) is 0 Å². The number of halogens is 2. The average Bonchev–Trinajstić information content (AvgIpc) is 2.70. The molecule has 0 aliphatic heterocycles. The van der Waals surface area contributed by atoms with Crippen LogP contribution in [0.5, 0.6) is 0 Å². The van der Waals surface area contributed by atoms with Gasteiger partial charge in [-0.15, -0.1) is 0 Å². The van der Waals surface area contributed by atoms with Gasteiger partial charge >= 0.3 is 0 Å². The van der Waals surface area contributed by atoms with E-state index in [0.717, 1.165) is 17.0 Å². The van der Waals surface area contributed by atoms with Crippen LogP contribution in [0.1, 0.15) is 26.5 Å². The maximum atomic E-state index is 5.97. The molecule has 0 fully saturated rings. The zero-order valence-electron chi connectivity index (χ0n) is 9.92. The summed E-state index contributed by atoms with van der Waals surface area (Å²) in [5, 5.41) is 5.10. The maximum Gasteiger partial charge on any atom is 0.142 e. The van der Waals surface area contributed by atoms with E-state index >= 15 is 0 Å². The highest BCUT2D eigenvalue weighted by atomic mass is 35.5. The lowest BCUT2D eigenvalue weighted by molar-refractivity contribution is 0.330. The maximum absolute atomic E-state index is 5.97. The zero-order chi connectivity index (χ0) is 12.6. The smallest absolute Gasteiger partial charge is 0.142 e. The van der Waals surface area contributed by atoms with Crippen molar-refractivity contribution >= 4 is 23.2 Å². The number of rotatable bonds is 1. The van der Waals surface area contributed by atoms with Crippen molar-refractivity contribution < 1.29 is 4.52 Å². The summed E-state index contributed by atoms with van der Waals surface area (Å²) in [5.41, 5.74) is 1.62. The van der Waals surface area contributed by atoms with Crippen LogP contribution < -0.4 is 0 Å². The number of aromatic nitrogens is 1. The Kier molecular flexibility index (Phi) is 3.19. The summed E-state index contributed by atoms with van der Waals surface area (Å²) >= 11 is 11.8. The fourth-order valence-corrected chi connectivity index (χ4v) is 1.72. The fraction of sp³-hybridized carbons (Fsp3) is 0.308. The molecule has 2 aromatic rings. The van der Waals surface area contributed by atoms with Gasteiger partial charge in [0.2, 0.25) is 0 Å². The minimum absolute atomic E-state index is 0.0541. The Bertz CT molecular complexity index is 541. The van der Waals surface area contributed by atoms with Gasteiger partial charge in [0.1, 0.15) is 11.5 Å². The predicted molar refractivity (Wildman–Crippen MR) is 70.7 cm³/mol. The van der Waals surface area contributed by atoms with E-state index in [1.54, 1.807) is 12.1 Å². The molecule has 0 spiro atoms. The molecular formula is C13H13Cl2NO. The lowest BCUT2D eigenvalue weighted by Crippen LogP contribution is -2.09. The number of hydrogen-bond donors (Lipinski definition) is 0. The third kappa shape index (κ3) is 2.64. The van der Waals surface area contributed by atoms with Crippen LogP contribution >= 0.6 is 23.2 Å². The number of hydrogen-bond acceptors (Lipinski definition) is 2. The molecule has 0 amide bonds. The molecular weight excluding hydrogens is 257 g/mol. The normalized spacial score (nSPS) is 11.8. The van der Waals surface area contributed by atoms with E-state index in [4.69, 9.17) is 27.7 Å². The van der Waals surface area contributed by atoms with E-state index in [0.29, 0.717) is 10.0 Å². The molecule has 1 aromatic carbocycles. The van der Waals surface area contributed by atoms with Crippen LogP contribution in [-0.2, 0) is 5.41 Å². The van der Waals surface area contributed by atoms with Crippen molar-refractivity contribution in [1.82, 2.24) is 5.16 Å². The molecule has 0 radical (unpaired) electrons. The molecule has 0 bridgehead atoms. The van der Waals surface area contributed by atoms with E-state index in [1.165, 1.54) is 0 Å². The molecule has 90 valence electrons. The molecule has 0 aliphatic carbocycles. The Morgan fingerprint density at radius 1 is 1.06 bits per heavy atom. The van der Waals surface area contributed by atoms with Crippen LogP contribution in [-0.4, -0.2) is 5.16 Å². The lowest BCUT2D eigenvalue weighted by atomic mass is 9.93. The van der Waals surface area contributed by atoms with Gasteiger partial charge in [-0.3, -0.25) is 0 Å². The Hall–Kier alpha value is -0.990. The van der Waals surface area contributed by atoms with Crippen LogP contribution in [0.3, 0.4) is 0 Å². The van der Waals surface area contributed by atoms with Crippen LogP contribution in [0.25, 0.3) is 11.3 Å². The standard InChI is InChI=1S/C13H13Cl2NO/c1-13(2,3)12-7-11(16-17-12)8-4-5-9(14)10(15)6-8/h4-7H,1-3H3. The molecule has 2 nitrogen and oxygen atoms in total. The van der Waals surface area contributed by atoms with Crippen molar-refractivity contribution in [2.24, 2.45) is 0 Å². The van der Waals surface area contributed by atoms with Gasteiger partial charge in [0.05, 0.1) is 10.0 Å². The number of nitrogens with zero attached hydrogens (tertiary/aromatic N) is 1. The first kappa shape index (κ1) is 12.5. The highest BCUT2D eigenvalue weighted by molar-refractivity contribution is 6.42. The quantitative estimate of drug-likeness (QED) is 0.733. The van der Waals surface area contributed by atoms with Gasteiger partial charge < -0.3 is 4.52 Å². The SMILES string of the molecule is CC(C)(C)c1cc(-c2ccc(Cl)c(Cl)c2)no1. The van der Waals surface area contributed by atoms with Gasteiger partial charge in [-0.05, 0) is 12.1 Å². The van der Waals surface area contributed by atoms with Crippen LogP contribution in [0.15, 0.2) is 28.8 Å². The van der Waals surface area contributed by atoms with Crippen molar-refractivity contribution in [3.63, 3.8) is 0 Å². The molecule has 0 atom stereocenters. The highest BCUT2D eigenvalue weighted by Crippen LogP contribution is 2.30. The van der Waals surface area contributed by atoms with Crippen LogP contribution in [0, 0.1) is 0 Å². The summed E-state index contributed by atoms with van der Waals surface area (Å²) in [4.78, 5) is 0. The minimum Gasteiger partial charge on any atom is -0.360 e. The van der Waals surface area contributed by atoms with E-state index in [9.17, 15) is 0 Å². The first-order valence-electron chi connectivity index (χ1n) is 5.30. The summed E-state index contributed by atoms with van der Waals surface area (Å²) in [5.74, 6) is 0.846. The summed E-state index contributed by atoms with van der Waals surface area (Å²) in [6.45, 7) is 6.23. The summed E-state index contributed by atoms with van der Waals surface area (Å²) in [6.07, 6.45) is 0. The van der Waals surface area contributed by atoms with Gasteiger partial charge in [0.25, 0.3) is 0 Å². The predicted octanol–water partition coefficient (Wildman–Crippen LogP) is 4.95. The van der Waals surface area contributed by atoms with Gasteiger partial charge in [-0.2, -0.15) is 0 Å². The molecule has 0 N–H and O–H groups in total. The number of benzene rings is 1. The first-order valence-corrected chi connectivity index (χ1v) is 6.06. The van der Waals surface area contributed by atoms with Gasteiger partial charge in [0, 0.05) is 17.0 Å². The highest BCUT2D eigenvalue weighted by Gasteiger charge is 2.20. The van der Waals surface area contributed by atoms with Crippen molar-refractivity contribution in [2.75, 3.05) is 0 Å². The summed E-state index contributed by atoms with van der Waals surface area (Å²) < 4.78 is 5.33. The Balaban J connectivity index is 2.40. The molecule has 1 heterocycles. The Morgan fingerprint density at radius 2 is 1.76 bits per heavy atom. The second-order valence-corrected chi connectivity index (χ2v) is 5.77. The van der Waals surface area contributed by atoms with E-state index in [2.05, 4.69) is 25.9 Å². The van der Waals surface area contributed by atoms with E-state index in [-0.39, 0.29) is 5.41 Å². The molecule has 4 heteroatoms. The van der Waals surface area contributed by atoms with Gasteiger partial charge in [-0.1, -0.05) is 55.2 Å². The molecule has 1 aromatic heterocycles. The summed E-state index contributed by atoms with van der Waals surface area (Å²) in [6, 6.07) is 7.34. The molecule has 2 rings (SSSR count).